The Kier molecular flexibility index (Phi) is 4.47. The summed E-state index contributed by atoms with van der Waals surface area (Å²) in [7, 11) is 0. The molecule has 0 spiro atoms. The van der Waals surface area contributed by atoms with E-state index in [4.69, 9.17) is 11.6 Å². The van der Waals surface area contributed by atoms with E-state index in [9.17, 15) is 18.7 Å². The van der Waals surface area contributed by atoms with Crippen LogP contribution >= 0.6 is 11.6 Å². The molecule has 3 rings (SSSR count). The second-order valence-corrected chi connectivity index (χ2v) is 6.27. The highest BCUT2D eigenvalue weighted by atomic mass is 35.5. The number of ether oxygens (including phenoxy) is 1. The molecule has 130 valence electrons. The van der Waals surface area contributed by atoms with Crippen LogP contribution < -0.4 is 4.74 Å². The van der Waals surface area contributed by atoms with Gasteiger partial charge in [-0.25, -0.2) is 4.79 Å². The minimum absolute atomic E-state index is 0.0906. The molecule has 1 aliphatic rings. The maximum absolute atomic E-state index is 13.1. The van der Waals surface area contributed by atoms with Crippen LogP contribution in [-0.2, 0) is 12.8 Å². The Morgan fingerprint density at radius 3 is 2.84 bits per heavy atom. The van der Waals surface area contributed by atoms with Crippen LogP contribution in [0.5, 0.6) is 5.75 Å². The summed E-state index contributed by atoms with van der Waals surface area (Å²) in [6.45, 7) is 0.644. The predicted octanol–water partition coefficient (Wildman–Crippen LogP) is 4.61. The van der Waals surface area contributed by atoms with Crippen molar-refractivity contribution in [3.05, 3.63) is 63.4 Å². The van der Waals surface area contributed by atoms with Crippen LogP contribution in [0.1, 0.15) is 34.1 Å². The molecule has 1 aliphatic carbocycles. The highest BCUT2D eigenvalue weighted by Crippen LogP contribution is 2.33. The first-order chi connectivity index (χ1) is 11.7. The fourth-order valence-corrected chi connectivity index (χ4v) is 2.95. The van der Waals surface area contributed by atoms with E-state index in [0.29, 0.717) is 31.0 Å². The molecule has 0 amide bonds. The first kappa shape index (κ1) is 17.4. The molecule has 0 aliphatic heterocycles. The monoisotopic (exact) mass is 365 g/mol. The van der Waals surface area contributed by atoms with Gasteiger partial charge in [0.2, 0.25) is 0 Å². The van der Waals surface area contributed by atoms with E-state index in [1.54, 1.807) is 6.07 Å². The number of allylic oxidation sites excluding steroid dienone is 1. The van der Waals surface area contributed by atoms with Crippen molar-refractivity contribution in [2.45, 2.75) is 25.9 Å². The minimum Gasteiger partial charge on any atom is -0.478 e. The lowest BCUT2D eigenvalue weighted by atomic mass is 10.0. The van der Waals surface area contributed by atoms with Gasteiger partial charge in [0, 0.05) is 13.1 Å². The number of nitrogens with zero attached hydrogens (tertiary/aromatic N) is 1. The maximum atomic E-state index is 13.1. The lowest BCUT2D eigenvalue weighted by Gasteiger charge is -2.15. The lowest BCUT2D eigenvalue weighted by molar-refractivity contribution is -0.158. The molecule has 1 aromatic heterocycles. The number of aromatic carboxylic acids is 1. The summed E-state index contributed by atoms with van der Waals surface area (Å²) < 4.78 is 30.7. The van der Waals surface area contributed by atoms with Crippen LogP contribution in [0.3, 0.4) is 0 Å². The molecule has 1 N–H and O–H groups in total. The van der Waals surface area contributed by atoms with Gasteiger partial charge >= 0.3 is 12.1 Å². The fourth-order valence-electron chi connectivity index (χ4n) is 2.80. The fraction of sp³-hybridized carbons (Fsp3) is 0.222. The minimum atomic E-state index is -3.33. The molecule has 0 atom stereocenters. The van der Waals surface area contributed by atoms with E-state index < -0.39 is 12.1 Å². The van der Waals surface area contributed by atoms with Crippen molar-refractivity contribution in [2.24, 2.45) is 0 Å². The second kappa shape index (κ2) is 6.44. The summed E-state index contributed by atoms with van der Waals surface area (Å²) in [4.78, 5) is 15.5. The Labute approximate surface area is 147 Å². The SMILES string of the molecule is CC(F)(F)Oc1cc(CC2=Cc3nccc(C(=O)O)c3C2)ccc1Cl. The number of carbonyl (C=O) groups is 1. The summed E-state index contributed by atoms with van der Waals surface area (Å²) in [5.41, 5.74) is 3.19. The summed E-state index contributed by atoms with van der Waals surface area (Å²) in [6, 6.07) is 6.16. The van der Waals surface area contributed by atoms with Gasteiger partial charge in [-0.3, -0.25) is 4.98 Å². The third-order valence-corrected chi connectivity index (χ3v) is 4.09. The molecule has 2 aromatic rings. The highest BCUT2D eigenvalue weighted by Gasteiger charge is 2.25. The van der Waals surface area contributed by atoms with Crippen molar-refractivity contribution in [1.82, 2.24) is 4.98 Å². The molecule has 7 heteroatoms. The van der Waals surface area contributed by atoms with Crippen LogP contribution in [0.2, 0.25) is 5.02 Å². The van der Waals surface area contributed by atoms with Crippen LogP contribution in [0, 0.1) is 0 Å². The van der Waals surface area contributed by atoms with Gasteiger partial charge in [-0.2, -0.15) is 8.78 Å². The first-order valence-electron chi connectivity index (χ1n) is 7.49. The van der Waals surface area contributed by atoms with Gasteiger partial charge in [0.1, 0.15) is 5.75 Å². The molecular weight excluding hydrogens is 352 g/mol. The van der Waals surface area contributed by atoms with Crippen LogP contribution in [-0.4, -0.2) is 22.2 Å². The topological polar surface area (TPSA) is 59.4 Å². The summed E-state index contributed by atoms with van der Waals surface area (Å²) in [5, 5.41) is 9.35. The number of alkyl halides is 2. The second-order valence-electron chi connectivity index (χ2n) is 5.86. The van der Waals surface area contributed by atoms with E-state index in [2.05, 4.69) is 9.72 Å². The molecule has 4 nitrogen and oxygen atoms in total. The number of aromatic nitrogens is 1. The molecular formula is C18H14ClF2NO3. The van der Waals surface area contributed by atoms with Gasteiger partial charge in [0.25, 0.3) is 0 Å². The summed E-state index contributed by atoms with van der Waals surface area (Å²) in [5.74, 6) is -1.09. The van der Waals surface area contributed by atoms with Gasteiger partial charge in [-0.1, -0.05) is 23.2 Å². The zero-order valence-electron chi connectivity index (χ0n) is 13.2. The number of rotatable bonds is 5. The zero-order valence-corrected chi connectivity index (χ0v) is 14.0. The number of hydrogen-bond donors (Lipinski definition) is 1. The number of carboxylic acid groups (broad SMARTS) is 1. The average molecular weight is 366 g/mol. The van der Waals surface area contributed by atoms with Crippen molar-refractivity contribution in [2.75, 3.05) is 0 Å². The number of fused-ring (bicyclic) bond motifs is 1. The first-order valence-corrected chi connectivity index (χ1v) is 7.86. The number of pyridine rings is 1. The van der Waals surface area contributed by atoms with E-state index >= 15 is 0 Å². The van der Waals surface area contributed by atoms with Crippen molar-refractivity contribution < 1.29 is 23.4 Å². The molecule has 0 radical (unpaired) electrons. The Morgan fingerprint density at radius 1 is 1.40 bits per heavy atom. The Bertz CT molecular complexity index is 875. The van der Waals surface area contributed by atoms with E-state index in [1.165, 1.54) is 24.4 Å². The third-order valence-electron chi connectivity index (χ3n) is 3.78. The van der Waals surface area contributed by atoms with E-state index in [-0.39, 0.29) is 16.3 Å². The molecule has 1 aromatic carbocycles. The van der Waals surface area contributed by atoms with E-state index in [1.807, 2.05) is 6.08 Å². The van der Waals surface area contributed by atoms with Crippen molar-refractivity contribution in [3.63, 3.8) is 0 Å². The average Bonchev–Trinajstić information content (AvgIpc) is 2.91. The van der Waals surface area contributed by atoms with Crippen LogP contribution in [0.25, 0.3) is 6.08 Å². The molecule has 0 fully saturated rings. The van der Waals surface area contributed by atoms with Gasteiger partial charge in [-0.05, 0) is 48.2 Å². The maximum Gasteiger partial charge on any atom is 0.394 e. The Hall–Kier alpha value is -2.47. The number of hydrogen-bond acceptors (Lipinski definition) is 3. The van der Waals surface area contributed by atoms with Crippen LogP contribution in [0.15, 0.2) is 36.0 Å². The van der Waals surface area contributed by atoms with Crippen molar-refractivity contribution in [1.29, 1.82) is 0 Å². The molecule has 0 unspecified atom stereocenters. The van der Waals surface area contributed by atoms with Gasteiger partial charge in [0.15, 0.2) is 0 Å². The summed E-state index contributed by atoms with van der Waals surface area (Å²) in [6.07, 6.45) is 0.863. The smallest absolute Gasteiger partial charge is 0.394 e. The van der Waals surface area contributed by atoms with Crippen molar-refractivity contribution in [3.8, 4) is 5.75 Å². The van der Waals surface area contributed by atoms with Gasteiger partial charge in [-0.15, -0.1) is 0 Å². The molecule has 1 heterocycles. The Balaban J connectivity index is 1.82. The lowest BCUT2D eigenvalue weighted by Crippen LogP contribution is -2.19. The number of halogens is 3. The molecule has 0 saturated heterocycles. The number of benzene rings is 1. The normalized spacial score (nSPS) is 13.4. The number of carboxylic acids is 1. The molecule has 0 saturated carbocycles. The highest BCUT2D eigenvalue weighted by molar-refractivity contribution is 6.32. The predicted molar refractivity (Wildman–Crippen MR) is 89.3 cm³/mol. The van der Waals surface area contributed by atoms with E-state index in [0.717, 1.165) is 11.1 Å². The Morgan fingerprint density at radius 2 is 2.16 bits per heavy atom. The van der Waals surface area contributed by atoms with Crippen LogP contribution in [0.4, 0.5) is 8.78 Å². The quantitative estimate of drug-likeness (QED) is 0.840. The summed E-state index contributed by atoms with van der Waals surface area (Å²) >= 11 is 5.90. The third kappa shape index (κ3) is 3.96. The van der Waals surface area contributed by atoms with Crippen molar-refractivity contribution >= 4 is 23.6 Å². The molecule has 25 heavy (non-hydrogen) atoms. The molecule has 0 bridgehead atoms. The van der Waals surface area contributed by atoms with Gasteiger partial charge < -0.3 is 9.84 Å². The zero-order chi connectivity index (χ0) is 18.2. The largest absolute Gasteiger partial charge is 0.478 e. The standard InChI is InChI=1S/C18H14ClF2NO3/c1-18(20,21)25-16-9-10(2-3-14(16)19)6-11-7-13-12(17(23)24)4-5-22-15(13)8-11/h2-5,8-9H,6-7H2,1H3,(H,23,24). The van der Waals surface area contributed by atoms with Gasteiger partial charge in [0.05, 0.1) is 16.3 Å².